The van der Waals surface area contributed by atoms with E-state index in [-0.39, 0.29) is 10.8 Å². The normalized spacial score (nSPS) is 14.1. The molecule has 0 bridgehead atoms. The van der Waals surface area contributed by atoms with E-state index >= 15 is 0 Å². The van der Waals surface area contributed by atoms with Gasteiger partial charge in [0.2, 0.25) is 0 Å². The number of rotatable bonds is 6. The molecule has 3 aromatic carbocycles. The molecule has 8 heteroatoms. The molecular weight excluding hydrogens is 426 g/mol. The molecule has 1 heterocycles. The van der Waals surface area contributed by atoms with E-state index in [9.17, 15) is 13.2 Å². The molecule has 166 valence electrons. The topological polar surface area (TPSA) is 87.7 Å². The summed E-state index contributed by atoms with van der Waals surface area (Å²) in [6.07, 6.45) is 0. The number of aryl methyl sites for hydroxylation is 1. The highest BCUT2D eigenvalue weighted by atomic mass is 32.2. The second-order valence-corrected chi connectivity index (χ2v) is 9.28. The third-order valence-electron chi connectivity index (χ3n) is 5.23. The summed E-state index contributed by atoms with van der Waals surface area (Å²) in [5.74, 6) is -0.230. The van der Waals surface area contributed by atoms with Crippen LogP contribution in [0.2, 0.25) is 0 Å². The lowest BCUT2D eigenvalue weighted by Crippen LogP contribution is -2.36. The van der Waals surface area contributed by atoms with Crippen molar-refractivity contribution in [1.82, 2.24) is 0 Å². The zero-order valence-corrected chi connectivity index (χ0v) is 18.6. The number of morpholine rings is 1. The highest BCUT2D eigenvalue weighted by molar-refractivity contribution is 7.92. The average Bonchev–Trinajstić information content (AvgIpc) is 2.81. The van der Waals surface area contributed by atoms with Crippen molar-refractivity contribution in [3.8, 4) is 0 Å². The Hall–Kier alpha value is -3.36. The fourth-order valence-corrected chi connectivity index (χ4v) is 4.46. The maximum atomic E-state index is 12.6. The van der Waals surface area contributed by atoms with Crippen LogP contribution in [-0.2, 0) is 14.8 Å². The highest BCUT2D eigenvalue weighted by Crippen LogP contribution is 2.20. The van der Waals surface area contributed by atoms with E-state index in [0.717, 1.165) is 24.3 Å². The van der Waals surface area contributed by atoms with Gasteiger partial charge in [-0.3, -0.25) is 9.52 Å². The van der Waals surface area contributed by atoms with Crippen LogP contribution in [0, 0.1) is 6.92 Å². The molecule has 4 rings (SSSR count). The Morgan fingerprint density at radius 1 is 0.844 bits per heavy atom. The molecule has 0 aliphatic carbocycles. The first kappa shape index (κ1) is 21.9. The van der Waals surface area contributed by atoms with Crippen molar-refractivity contribution in [2.45, 2.75) is 11.8 Å². The summed E-state index contributed by atoms with van der Waals surface area (Å²) in [6, 6.07) is 20.6. The summed E-state index contributed by atoms with van der Waals surface area (Å²) in [7, 11) is -3.67. The van der Waals surface area contributed by atoms with Crippen LogP contribution in [-0.4, -0.2) is 40.6 Å². The van der Waals surface area contributed by atoms with Gasteiger partial charge in [0.25, 0.3) is 15.9 Å². The first-order valence-electron chi connectivity index (χ1n) is 10.3. The lowest BCUT2D eigenvalue weighted by molar-refractivity contribution is 0.102. The van der Waals surface area contributed by atoms with Gasteiger partial charge in [-0.15, -0.1) is 0 Å². The molecule has 1 aliphatic heterocycles. The summed E-state index contributed by atoms with van der Waals surface area (Å²) in [5.41, 5.74) is 3.59. The monoisotopic (exact) mass is 451 g/mol. The largest absolute Gasteiger partial charge is 0.378 e. The molecule has 1 aliphatic rings. The number of hydrogen-bond donors (Lipinski definition) is 2. The molecule has 0 unspecified atom stereocenters. The van der Waals surface area contributed by atoms with Gasteiger partial charge in [0, 0.05) is 35.7 Å². The summed E-state index contributed by atoms with van der Waals surface area (Å²) in [5, 5.41) is 2.84. The van der Waals surface area contributed by atoms with E-state index in [1.165, 1.54) is 0 Å². The number of anilines is 3. The molecule has 0 atom stereocenters. The molecule has 32 heavy (non-hydrogen) atoms. The van der Waals surface area contributed by atoms with Crippen LogP contribution >= 0.6 is 0 Å². The van der Waals surface area contributed by atoms with Gasteiger partial charge in [-0.2, -0.15) is 0 Å². The number of carbonyl (C=O) groups excluding carboxylic acids is 1. The molecule has 3 aromatic rings. The number of hydrogen-bond acceptors (Lipinski definition) is 5. The fraction of sp³-hybridized carbons (Fsp3) is 0.208. The van der Waals surface area contributed by atoms with Crippen molar-refractivity contribution < 1.29 is 17.9 Å². The predicted octanol–water partition coefficient (Wildman–Crippen LogP) is 3.88. The minimum Gasteiger partial charge on any atom is -0.378 e. The Labute approximate surface area is 188 Å². The number of nitrogens with one attached hydrogen (secondary N) is 2. The van der Waals surface area contributed by atoms with Crippen LogP contribution < -0.4 is 14.9 Å². The Morgan fingerprint density at radius 3 is 2.06 bits per heavy atom. The van der Waals surface area contributed by atoms with Crippen LogP contribution in [0.3, 0.4) is 0 Å². The maximum Gasteiger partial charge on any atom is 0.261 e. The number of nitrogens with zero attached hydrogens (tertiary/aromatic N) is 1. The lowest BCUT2D eigenvalue weighted by Gasteiger charge is -2.28. The van der Waals surface area contributed by atoms with Gasteiger partial charge < -0.3 is 15.0 Å². The van der Waals surface area contributed by atoms with E-state index in [1.807, 2.05) is 19.1 Å². The Bertz CT molecular complexity index is 1170. The second-order valence-electron chi connectivity index (χ2n) is 7.60. The fourth-order valence-electron chi connectivity index (χ4n) is 3.40. The predicted molar refractivity (Wildman–Crippen MR) is 126 cm³/mol. The average molecular weight is 452 g/mol. The van der Waals surface area contributed by atoms with Crippen LogP contribution in [0.5, 0.6) is 0 Å². The van der Waals surface area contributed by atoms with Crippen molar-refractivity contribution in [3.63, 3.8) is 0 Å². The van der Waals surface area contributed by atoms with Gasteiger partial charge in [0.05, 0.1) is 18.1 Å². The minimum atomic E-state index is -3.67. The summed E-state index contributed by atoms with van der Waals surface area (Å²) < 4.78 is 32.9. The van der Waals surface area contributed by atoms with E-state index < -0.39 is 10.0 Å². The molecule has 0 radical (unpaired) electrons. The minimum absolute atomic E-state index is 0.195. The lowest BCUT2D eigenvalue weighted by atomic mass is 10.1. The van der Waals surface area contributed by atoms with Gasteiger partial charge in [-0.1, -0.05) is 17.7 Å². The van der Waals surface area contributed by atoms with Gasteiger partial charge >= 0.3 is 0 Å². The van der Waals surface area contributed by atoms with Crippen LogP contribution in [0.1, 0.15) is 15.9 Å². The molecule has 0 spiro atoms. The first-order valence-corrected chi connectivity index (χ1v) is 11.8. The number of carbonyl (C=O) groups is 1. The van der Waals surface area contributed by atoms with Crippen molar-refractivity contribution in [3.05, 3.63) is 83.9 Å². The van der Waals surface area contributed by atoms with Crippen molar-refractivity contribution in [1.29, 1.82) is 0 Å². The summed E-state index contributed by atoms with van der Waals surface area (Å²) >= 11 is 0. The van der Waals surface area contributed by atoms with Gasteiger partial charge in [-0.05, 0) is 67.6 Å². The van der Waals surface area contributed by atoms with Crippen molar-refractivity contribution in [2.75, 3.05) is 41.2 Å². The number of amides is 1. The van der Waals surface area contributed by atoms with Gasteiger partial charge in [0.1, 0.15) is 0 Å². The van der Waals surface area contributed by atoms with Gasteiger partial charge in [-0.25, -0.2) is 8.42 Å². The molecule has 7 nitrogen and oxygen atoms in total. The summed E-state index contributed by atoms with van der Waals surface area (Å²) in [4.78, 5) is 15.0. The van der Waals surface area contributed by atoms with Crippen molar-refractivity contribution >= 4 is 33.0 Å². The Balaban J connectivity index is 1.37. The first-order chi connectivity index (χ1) is 15.4. The molecule has 1 fully saturated rings. The van der Waals surface area contributed by atoms with E-state index in [1.54, 1.807) is 60.7 Å². The molecule has 0 saturated carbocycles. The highest BCUT2D eigenvalue weighted by Gasteiger charge is 2.15. The zero-order valence-electron chi connectivity index (χ0n) is 17.7. The zero-order chi connectivity index (χ0) is 22.6. The third kappa shape index (κ3) is 5.27. The number of sulfonamides is 1. The molecular formula is C24H25N3O4S. The second kappa shape index (κ2) is 9.42. The molecule has 1 amide bonds. The van der Waals surface area contributed by atoms with Crippen LogP contribution in [0.4, 0.5) is 17.1 Å². The SMILES string of the molecule is Cc1ccc(S(=O)(=O)Nc2ccc(NC(=O)c3ccc(N4CCOCC4)cc3)cc2)cc1. The third-order valence-corrected chi connectivity index (χ3v) is 6.63. The molecule has 0 aromatic heterocycles. The van der Waals surface area contributed by atoms with Crippen LogP contribution in [0.15, 0.2) is 77.7 Å². The van der Waals surface area contributed by atoms with E-state index in [0.29, 0.717) is 30.2 Å². The quantitative estimate of drug-likeness (QED) is 0.594. The molecule has 1 saturated heterocycles. The van der Waals surface area contributed by atoms with Crippen molar-refractivity contribution in [2.24, 2.45) is 0 Å². The van der Waals surface area contributed by atoms with E-state index in [2.05, 4.69) is 14.9 Å². The Morgan fingerprint density at radius 2 is 1.44 bits per heavy atom. The number of ether oxygens (including phenoxy) is 1. The standard InChI is InChI=1S/C24H25N3O4S/c1-18-2-12-23(13-3-18)32(29,30)26-21-8-6-20(7-9-21)25-24(28)19-4-10-22(11-5-19)27-14-16-31-17-15-27/h2-13,26H,14-17H2,1H3,(H,25,28). The van der Waals surface area contributed by atoms with Crippen LogP contribution in [0.25, 0.3) is 0 Å². The maximum absolute atomic E-state index is 12.6. The summed E-state index contributed by atoms with van der Waals surface area (Å²) in [6.45, 7) is 4.99. The molecule has 2 N–H and O–H groups in total. The Kier molecular flexibility index (Phi) is 6.43. The number of benzene rings is 3. The smallest absolute Gasteiger partial charge is 0.261 e. The van der Waals surface area contributed by atoms with Gasteiger partial charge in [0.15, 0.2) is 0 Å². The van der Waals surface area contributed by atoms with E-state index in [4.69, 9.17) is 4.74 Å².